The molecule has 1 aromatic rings. The topological polar surface area (TPSA) is 3.01 Å². The Labute approximate surface area is 89.1 Å². The molecule has 0 amide bonds. The maximum atomic E-state index is 2.40. The van der Waals surface area contributed by atoms with Gasteiger partial charge in [0, 0.05) is 5.56 Å². The Hall–Kier alpha value is -1.63. The van der Waals surface area contributed by atoms with E-state index in [1.54, 1.807) is 0 Å². The predicted octanol–water partition coefficient (Wildman–Crippen LogP) is 2.48. The molecule has 15 heavy (non-hydrogen) atoms. The summed E-state index contributed by atoms with van der Waals surface area (Å²) >= 11 is 0. The lowest BCUT2D eigenvalue weighted by Crippen LogP contribution is -2.16. The highest BCUT2D eigenvalue weighted by Gasteiger charge is 2.39. The number of nitrogens with zero attached hydrogens (tertiary/aromatic N) is 1. The highest BCUT2D eigenvalue weighted by molar-refractivity contribution is 6.09. The van der Waals surface area contributed by atoms with Crippen LogP contribution in [0.4, 0.5) is 0 Å². The second-order valence-corrected chi connectivity index (χ2v) is 4.56. The first-order valence-electron chi connectivity index (χ1n) is 5.47. The molecule has 2 heterocycles. The zero-order chi connectivity index (χ0) is 9.99. The standard InChI is InChI=1S/C14H12N/c1-9-2-3-10-4-5-11-6-7-15-8-12(9)13(10)14(11)15/h2-7,11H,8H2,1H3/q+1. The van der Waals surface area contributed by atoms with E-state index in [1.165, 1.54) is 28.0 Å². The van der Waals surface area contributed by atoms with Crippen molar-refractivity contribution in [3.8, 4) is 0 Å². The molecule has 0 aromatic heterocycles. The molecule has 3 aliphatic rings. The van der Waals surface area contributed by atoms with Crippen LogP contribution in [0.25, 0.3) is 6.08 Å². The predicted molar refractivity (Wildman–Crippen MR) is 60.9 cm³/mol. The molecule has 0 fully saturated rings. The van der Waals surface area contributed by atoms with Crippen LogP contribution in [-0.2, 0) is 6.54 Å². The fraction of sp³-hybridized carbons (Fsp3) is 0.214. The van der Waals surface area contributed by atoms with Gasteiger partial charge >= 0.3 is 0 Å². The summed E-state index contributed by atoms with van der Waals surface area (Å²) in [5, 5.41) is 0. The molecule has 72 valence electrons. The zero-order valence-electron chi connectivity index (χ0n) is 8.70. The number of hydrogen-bond donors (Lipinski definition) is 0. The summed E-state index contributed by atoms with van der Waals surface area (Å²) in [4.78, 5) is 0. The van der Waals surface area contributed by atoms with Crippen molar-refractivity contribution in [2.45, 2.75) is 13.5 Å². The number of hydrogen-bond acceptors (Lipinski definition) is 0. The first kappa shape index (κ1) is 7.63. The smallest absolute Gasteiger partial charge is 0.197 e. The van der Waals surface area contributed by atoms with Crippen LogP contribution in [0, 0.1) is 12.8 Å². The van der Waals surface area contributed by atoms with E-state index in [0.717, 1.165) is 6.54 Å². The monoisotopic (exact) mass is 194 g/mol. The maximum Gasteiger partial charge on any atom is 0.201 e. The van der Waals surface area contributed by atoms with Crippen molar-refractivity contribution in [1.29, 1.82) is 0 Å². The minimum Gasteiger partial charge on any atom is -0.197 e. The maximum absolute atomic E-state index is 2.40. The van der Waals surface area contributed by atoms with Crippen LogP contribution in [-0.4, -0.2) is 10.3 Å². The molecule has 0 bridgehead atoms. The molecule has 0 radical (unpaired) electrons. The van der Waals surface area contributed by atoms with Gasteiger partial charge in [-0.25, -0.2) is 0 Å². The van der Waals surface area contributed by atoms with Gasteiger partial charge in [0.1, 0.15) is 0 Å². The van der Waals surface area contributed by atoms with Crippen LogP contribution < -0.4 is 0 Å². The van der Waals surface area contributed by atoms with Crippen molar-refractivity contribution in [2.75, 3.05) is 0 Å². The number of allylic oxidation sites excluding steroid dienone is 2. The van der Waals surface area contributed by atoms with Crippen molar-refractivity contribution in [3.63, 3.8) is 0 Å². The highest BCUT2D eigenvalue weighted by atomic mass is 15.0. The first-order valence-corrected chi connectivity index (χ1v) is 5.47. The molecule has 1 atom stereocenters. The third-order valence-corrected chi connectivity index (χ3v) is 3.75. The molecule has 0 spiro atoms. The summed E-state index contributed by atoms with van der Waals surface area (Å²) in [5.74, 6) is 0.528. The fourth-order valence-corrected chi connectivity index (χ4v) is 2.96. The average molecular weight is 194 g/mol. The molecule has 1 nitrogen and oxygen atoms in total. The van der Waals surface area contributed by atoms with Gasteiger partial charge in [-0.05, 0) is 24.1 Å². The second-order valence-electron chi connectivity index (χ2n) is 4.56. The van der Waals surface area contributed by atoms with Crippen molar-refractivity contribution in [3.05, 3.63) is 52.7 Å². The van der Waals surface area contributed by atoms with E-state index in [2.05, 4.69) is 48.1 Å². The third kappa shape index (κ3) is 0.777. The summed E-state index contributed by atoms with van der Waals surface area (Å²) in [6.07, 6.45) is 9.10. The molecule has 1 unspecified atom stereocenters. The van der Waals surface area contributed by atoms with E-state index in [4.69, 9.17) is 0 Å². The Balaban J connectivity index is 2.14. The molecule has 2 aliphatic heterocycles. The van der Waals surface area contributed by atoms with Gasteiger partial charge < -0.3 is 0 Å². The Kier molecular flexibility index (Phi) is 1.17. The number of rotatable bonds is 0. The molecule has 4 rings (SSSR count). The van der Waals surface area contributed by atoms with Crippen LogP contribution >= 0.6 is 0 Å². The SMILES string of the molecule is Cc1ccc2c3c1C[N+]1=C3C(C=C2)C=C1. The van der Waals surface area contributed by atoms with Gasteiger partial charge in [-0.15, -0.1) is 0 Å². The largest absolute Gasteiger partial charge is 0.201 e. The van der Waals surface area contributed by atoms with Crippen LogP contribution in [0.1, 0.15) is 22.3 Å². The van der Waals surface area contributed by atoms with Crippen molar-refractivity contribution in [1.82, 2.24) is 0 Å². The van der Waals surface area contributed by atoms with Gasteiger partial charge in [0.05, 0.1) is 11.5 Å². The zero-order valence-corrected chi connectivity index (χ0v) is 8.70. The summed E-state index contributed by atoms with van der Waals surface area (Å²) in [7, 11) is 0. The summed E-state index contributed by atoms with van der Waals surface area (Å²) in [6, 6.07) is 4.49. The first-order chi connectivity index (χ1) is 7.34. The molecular weight excluding hydrogens is 182 g/mol. The number of aryl methyl sites for hydroxylation is 1. The van der Waals surface area contributed by atoms with Crippen molar-refractivity contribution < 1.29 is 4.58 Å². The summed E-state index contributed by atoms with van der Waals surface area (Å²) < 4.78 is 2.40. The minimum atomic E-state index is 0.528. The number of benzene rings is 1. The van der Waals surface area contributed by atoms with Gasteiger partial charge in [0.25, 0.3) is 0 Å². The van der Waals surface area contributed by atoms with Crippen molar-refractivity contribution in [2.24, 2.45) is 5.92 Å². The normalized spacial score (nSPS) is 23.9. The van der Waals surface area contributed by atoms with Gasteiger partial charge in [0.2, 0.25) is 5.71 Å². The van der Waals surface area contributed by atoms with Crippen LogP contribution in [0.2, 0.25) is 0 Å². The summed E-state index contributed by atoms with van der Waals surface area (Å²) in [5.41, 5.74) is 7.37. The van der Waals surface area contributed by atoms with E-state index in [9.17, 15) is 0 Å². The second kappa shape index (κ2) is 2.30. The average Bonchev–Trinajstić information content (AvgIpc) is 2.80. The van der Waals surface area contributed by atoms with Gasteiger partial charge in [-0.1, -0.05) is 24.3 Å². The van der Waals surface area contributed by atoms with Gasteiger partial charge in [-0.2, -0.15) is 4.58 Å². The molecule has 1 aromatic carbocycles. The molecule has 1 aliphatic carbocycles. The molecule has 0 saturated carbocycles. The van der Waals surface area contributed by atoms with E-state index >= 15 is 0 Å². The van der Waals surface area contributed by atoms with E-state index in [1.807, 2.05) is 0 Å². The van der Waals surface area contributed by atoms with Crippen LogP contribution in [0.3, 0.4) is 0 Å². The lowest BCUT2D eigenvalue weighted by molar-refractivity contribution is -0.466. The third-order valence-electron chi connectivity index (χ3n) is 3.75. The Bertz CT molecular complexity index is 573. The lowest BCUT2D eigenvalue weighted by Gasteiger charge is -2.12. The van der Waals surface area contributed by atoms with E-state index in [0.29, 0.717) is 5.92 Å². The Morgan fingerprint density at radius 3 is 3.13 bits per heavy atom. The quantitative estimate of drug-likeness (QED) is 0.558. The molecule has 0 N–H and O–H groups in total. The summed E-state index contributed by atoms with van der Waals surface area (Å²) in [6.45, 7) is 3.29. The Morgan fingerprint density at radius 2 is 2.20 bits per heavy atom. The van der Waals surface area contributed by atoms with Gasteiger partial charge in [-0.3, -0.25) is 0 Å². The van der Waals surface area contributed by atoms with Crippen LogP contribution in [0.5, 0.6) is 0 Å². The fourth-order valence-electron chi connectivity index (χ4n) is 2.96. The minimum absolute atomic E-state index is 0.528. The Morgan fingerprint density at radius 1 is 1.27 bits per heavy atom. The molecule has 0 saturated heterocycles. The van der Waals surface area contributed by atoms with Crippen LogP contribution in [0.15, 0.2) is 30.5 Å². The molecular formula is C14H12N+. The van der Waals surface area contributed by atoms with Crippen molar-refractivity contribution >= 4 is 11.8 Å². The lowest BCUT2D eigenvalue weighted by atomic mass is 9.85. The molecule has 1 heteroatoms. The van der Waals surface area contributed by atoms with E-state index < -0.39 is 0 Å². The highest BCUT2D eigenvalue weighted by Crippen LogP contribution is 2.36. The van der Waals surface area contributed by atoms with E-state index in [-0.39, 0.29) is 0 Å². The van der Waals surface area contributed by atoms with Gasteiger partial charge in [0.15, 0.2) is 12.7 Å².